The quantitative estimate of drug-likeness (QED) is 0.474. The highest BCUT2D eigenvalue weighted by Gasteiger charge is 2.23. The van der Waals surface area contributed by atoms with Crippen LogP contribution in [0.15, 0.2) is 30.3 Å². The first kappa shape index (κ1) is 20.7. The van der Waals surface area contributed by atoms with Crippen LogP contribution in [0.1, 0.15) is 68.2 Å². The van der Waals surface area contributed by atoms with E-state index in [1.54, 1.807) is 5.30 Å². The van der Waals surface area contributed by atoms with Crippen molar-refractivity contribution in [1.82, 2.24) is 0 Å². The third-order valence-electron chi connectivity index (χ3n) is 4.11. The van der Waals surface area contributed by atoms with Gasteiger partial charge in [-0.1, -0.05) is 93.6 Å². The van der Waals surface area contributed by atoms with E-state index >= 15 is 0 Å². The lowest BCUT2D eigenvalue weighted by Gasteiger charge is -2.30. The van der Waals surface area contributed by atoms with Crippen LogP contribution < -0.4 is 5.30 Å². The molecule has 0 spiro atoms. The Morgan fingerprint density at radius 2 is 1.13 bits per heavy atom. The van der Waals surface area contributed by atoms with Crippen LogP contribution in [0.5, 0.6) is 0 Å². The second-order valence-electron chi connectivity index (χ2n) is 9.98. The third kappa shape index (κ3) is 9.51. The second kappa shape index (κ2) is 8.66. The van der Waals surface area contributed by atoms with E-state index in [-0.39, 0.29) is 7.92 Å². The molecule has 0 bridgehead atoms. The number of rotatable bonds is 7. The lowest BCUT2D eigenvalue weighted by molar-refractivity contribution is 0.319. The van der Waals surface area contributed by atoms with Crippen LogP contribution >= 0.6 is 7.92 Å². The van der Waals surface area contributed by atoms with Crippen molar-refractivity contribution in [2.75, 3.05) is 12.3 Å². The molecule has 2 unspecified atom stereocenters. The summed E-state index contributed by atoms with van der Waals surface area (Å²) >= 11 is 0. The van der Waals surface area contributed by atoms with E-state index in [9.17, 15) is 0 Å². The molecule has 0 saturated carbocycles. The predicted molar refractivity (Wildman–Crippen MR) is 109 cm³/mol. The zero-order valence-corrected chi connectivity index (χ0v) is 17.7. The van der Waals surface area contributed by atoms with E-state index in [1.165, 1.54) is 25.2 Å². The second-order valence-corrected chi connectivity index (χ2v) is 12.3. The van der Waals surface area contributed by atoms with Crippen molar-refractivity contribution in [3.63, 3.8) is 0 Å². The summed E-state index contributed by atoms with van der Waals surface area (Å²) in [4.78, 5) is 0. The normalized spacial score (nSPS) is 16.9. The zero-order chi connectivity index (χ0) is 17.7. The van der Waals surface area contributed by atoms with Gasteiger partial charge in [-0.15, -0.1) is 0 Å². The summed E-state index contributed by atoms with van der Waals surface area (Å²) in [6, 6.07) is 11.3. The molecule has 0 aliphatic rings. The van der Waals surface area contributed by atoms with Gasteiger partial charge in [0.15, 0.2) is 0 Å². The molecule has 0 saturated heterocycles. The standard InChI is InChI=1S/C22H39P/c1-18(14-21(3,4)5)16-23(20-12-10-9-11-13-20)17-19(2)15-22(6,7)8/h9-13,18-19H,14-17H2,1-8H3. The van der Waals surface area contributed by atoms with Crippen LogP contribution in [-0.2, 0) is 0 Å². The smallest absolute Gasteiger partial charge is 0.0240 e. The summed E-state index contributed by atoms with van der Waals surface area (Å²) in [5.74, 6) is 1.62. The van der Waals surface area contributed by atoms with E-state index < -0.39 is 0 Å². The van der Waals surface area contributed by atoms with Gasteiger partial charge in [-0.05, 0) is 53.1 Å². The monoisotopic (exact) mass is 334 g/mol. The maximum absolute atomic E-state index is 2.46. The molecule has 0 heterocycles. The molecule has 0 fully saturated rings. The number of hydrogen-bond donors (Lipinski definition) is 0. The third-order valence-corrected chi connectivity index (χ3v) is 7.26. The maximum atomic E-state index is 2.46. The van der Waals surface area contributed by atoms with E-state index in [2.05, 4.69) is 85.7 Å². The fourth-order valence-electron chi connectivity index (χ4n) is 3.90. The molecule has 23 heavy (non-hydrogen) atoms. The highest BCUT2D eigenvalue weighted by atomic mass is 31.1. The van der Waals surface area contributed by atoms with E-state index in [1.807, 2.05) is 0 Å². The average molecular weight is 335 g/mol. The van der Waals surface area contributed by atoms with E-state index in [0.717, 1.165) is 11.8 Å². The Labute approximate surface area is 147 Å². The van der Waals surface area contributed by atoms with Crippen molar-refractivity contribution in [1.29, 1.82) is 0 Å². The Kier molecular flexibility index (Phi) is 7.79. The molecule has 2 atom stereocenters. The molecule has 0 nitrogen and oxygen atoms in total. The zero-order valence-electron chi connectivity index (χ0n) is 16.8. The largest absolute Gasteiger partial charge is 0.0748 e. The van der Waals surface area contributed by atoms with Crippen molar-refractivity contribution >= 4 is 13.2 Å². The van der Waals surface area contributed by atoms with Crippen molar-refractivity contribution in [3.8, 4) is 0 Å². The molecule has 0 N–H and O–H groups in total. The lowest BCUT2D eigenvalue weighted by atomic mass is 9.86. The van der Waals surface area contributed by atoms with Gasteiger partial charge in [0, 0.05) is 0 Å². The molecule has 132 valence electrons. The fraction of sp³-hybridized carbons (Fsp3) is 0.727. The summed E-state index contributed by atoms with van der Waals surface area (Å²) in [6.07, 6.45) is 5.41. The van der Waals surface area contributed by atoms with Gasteiger partial charge in [-0.3, -0.25) is 0 Å². The first-order valence-corrected chi connectivity index (χ1v) is 11.0. The van der Waals surface area contributed by atoms with Crippen LogP contribution in [0.2, 0.25) is 0 Å². The molecule has 0 aromatic heterocycles. The van der Waals surface area contributed by atoms with Crippen molar-refractivity contribution in [2.24, 2.45) is 22.7 Å². The minimum Gasteiger partial charge on any atom is -0.0748 e. The van der Waals surface area contributed by atoms with Crippen LogP contribution in [0.3, 0.4) is 0 Å². The fourth-order valence-corrected chi connectivity index (χ4v) is 6.82. The Bertz CT molecular complexity index is 411. The molecule has 1 aromatic rings. The molecule has 0 radical (unpaired) electrons. The van der Waals surface area contributed by atoms with Gasteiger partial charge in [-0.25, -0.2) is 0 Å². The van der Waals surface area contributed by atoms with Gasteiger partial charge in [0.2, 0.25) is 0 Å². The van der Waals surface area contributed by atoms with Gasteiger partial charge in [0.05, 0.1) is 0 Å². The van der Waals surface area contributed by atoms with Gasteiger partial charge in [-0.2, -0.15) is 0 Å². The average Bonchev–Trinajstić information content (AvgIpc) is 2.34. The van der Waals surface area contributed by atoms with Gasteiger partial charge < -0.3 is 0 Å². The summed E-state index contributed by atoms with van der Waals surface area (Å²) in [7, 11) is -0.0406. The summed E-state index contributed by atoms with van der Waals surface area (Å²) in [5.41, 5.74) is 0.877. The number of hydrogen-bond acceptors (Lipinski definition) is 0. The molecule has 0 aliphatic carbocycles. The summed E-state index contributed by atoms with van der Waals surface area (Å²) in [6.45, 7) is 19.1. The van der Waals surface area contributed by atoms with Crippen molar-refractivity contribution in [3.05, 3.63) is 30.3 Å². The lowest BCUT2D eigenvalue weighted by Crippen LogP contribution is -2.20. The van der Waals surface area contributed by atoms with E-state index in [0.29, 0.717) is 10.8 Å². The van der Waals surface area contributed by atoms with E-state index in [4.69, 9.17) is 0 Å². The Morgan fingerprint density at radius 1 is 0.739 bits per heavy atom. The van der Waals surface area contributed by atoms with Gasteiger partial charge >= 0.3 is 0 Å². The molecule has 1 heteroatoms. The molecular formula is C22H39P. The predicted octanol–water partition coefficient (Wildman–Crippen LogP) is 6.94. The minimum atomic E-state index is -0.0406. The Hall–Kier alpha value is -0.350. The SMILES string of the molecule is CC(CP(CC(C)CC(C)(C)C)c1ccccc1)CC(C)(C)C. The van der Waals surface area contributed by atoms with Gasteiger partial charge in [0.25, 0.3) is 0 Å². The first-order valence-electron chi connectivity index (χ1n) is 9.26. The van der Waals surface area contributed by atoms with Crippen LogP contribution in [-0.4, -0.2) is 12.3 Å². The maximum Gasteiger partial charge on any atom is -0.0240 e. The van der Waals surface area contributed by atoms with Crippen molar-refractivity contribution in [2.45, 2.75) is 68.2 Å². The summed E-state index contributed by atoms with van der Waals surface area (Å²) in [5, 5.41) is 1.60. The van der Waals surface area contributed by atoms with Gasteiger partial charge in [0.1, 0.15) is 0 Å². The Morgan fingerprint density at radius 3 is 1.48 bits per heavy atom. The highest BCUT2D eigenvalue weighted by molar-refractivity contribution is 7.65. The summed E-state index contributed by atoms with van der Waals surface area (Å²) < 4.78 is 0. The molecule has 0 amide bonds. The Balaban J connectivity index is 2.78. The van der Waals surface area contributed by atoms with Crippen LogP contribution in [0, 0.1) is 22.7 Å². The number of benzene rings is 1. The molecular weight excluding hydrogens is 295 g/mol. The van der Waals surface area contributed by atoms with Crippen molar-refractivity contribution < 1.29 is 0 Å². The molecule has 1 aromatic carbocycles. The van der Waals surface area contributed by atoms with Crippen LogP contribution in [0.4, 0.5) is 0 Å². The molecule has 0 aliphatic heterocycles. The first-order chi connectivity index (χ1) is 10.5. The minimum absolute atomic E-state index is 0.0406. The topological polar surface area (TPSA) is 0 Å². The highest BCUT2D eigenvalue weighted by Crippen LogP contribution is 2.43. The van der Waals surface area contributed by atoms with Crippen LogP contribution in [0.25, 0.3) is 0 Å². The molecule has 1 rings (SSSR count).